The maximum atomic E-state index is 8.31. The molecule has 0 aromatic carbocycles. The molecule has 66 valence electrons. The lowest BCUT2D eigenvalue weighted by atomic mass is 10.4. The molecule has 13 heavy (non-hydrogen) atoms. The minimum absolute atomic E-state index is 0.355. The summed E-state index contributed by atoms with van der Waals surface area (Å²) in [7, 11) is 1.78. The Kier molecular flexibility index (Phi) is 3.29. The first-order valence-corrected chi connectivity index (χ1v) is 4.00. The van der Waals surface area contributed by atoms with Gasteiger partial charge in [-0.05, 0) is 12.1 Å². The highest BCUT2D eigenvalue weighted by molar-refractivity contribution is 7.97. The summed E-state index contributed by atoms with van der Waals surface area (Å²) in [6.45, 7) is 0. The monoisotopic (exact) mass is 192 g/mol. The van der Waals surface area contributed by atoms with Gasteiger partial charge in [-0.15, -0.1) is 17.6 Å². The third-order valence-electron chi connectivity index (χ3n) is 1.50. The molecular weight excluding hydrogens is 184 g/mol. The van der Waals surface area contributed by atoms with Crippen LogP contribution in [0.1, 0.15) is 0 Å². The van der Waals surface area contributed by atoms with Crippen LogP contribution in [0.3, 0.4) is 0 Å². The molecular formula is C8H8N4S. The predicted molar refractivity (Wildman–Crippen MR) is 54.7 cm³/mol. The van der Waals surface area contributed by atoms with Gasteiger partial charge in [-0.2, -0.15) is 5.26 Å². The molecule has 0 N–H and O–H groups in total. The number of pyridine rings is 1. The molecule has 0 bridgehead atoms. The predicted octanol–water partition coefficient (Wildman–Crippen LogP) is 1.28. The highest BCUT2D eigenvalue weighted by Crippen LogP contribution is 2.11. The number of amidine groups is 1. The third-order valence-corrected chi connectivity index (χ3v) is 1.90. The summed E-state index contributed by atoms with van der Waals surface area (Å²) in [5.74, 6) is 0. The van der Waals surface area contributed by atoms with E-state index < -0.39 is 0 Å². The first kappa shape index (κ1) is 9.55. The van der Waals surface area contributed by atoms with E-state index in [4.69, 9.17) is 5.26 Å². The molecule has 0 aliphatic carbocycles. The van der Waals surface area contributed by atoms with E-state index in [2.05, 4.69) is 22.6 Å². The molecule has 1 rings (SSSR count). The summed E-state index contributed by atoms with van der Waals surface area (Å²) in [5.41, 5.74) is 0.888. The molecule has 4 nitrogen and oxygen atoms in total. The Bertz CT molecular complexity index is 341. The Morgan fingerprint density at radius 2 is 2.23 bits per heavy atom. The molecule has 0 aliphatic rings. The number of nitrogens with zero attached hydrogens (tertiary/aromatic N) is 4. The highest BCUT2D eigenvalue weighted by atomic mass is 32.1. The molecule has 0 amide bonds. The molecule has 0 unspecified atom stereocenters. The first-order valence-electron chi connectivity index (χ1n) is 3.55. The first-order chi connectivity index (χ1) is 6.25. The summed E-state index contributed by atoms with van der Waals surface area (Å²) in [6.07, 6.45) is 5.00. The quantitative estimate of drug-likeness (QED) is 0.315. The second-order valence-corrected chi connectivity index (χ2v) is 2.68. The van der Waals surface area contributed by atoms with Crippen molar-refractivity contribution in [2.24, 2.45) is 4.99 Å². The van der Waals surface area contributed by atoms with E-state index in [1.165, 1.54) is 0 Å². The van der Waals surface area contributed by atoms with Crippen LogP contribution in [-0.2, 0) is 0 Å². The Hall–Kier alpha value is -1.54. The summed E-state index contributed by atoms with van der Waals surface area (Å²) in [6, 6.07) is 3.62. The standard InChI is InChI=1S/C8H8N4S/c1-12(8(13)11-6-9)7-2-4-10-5-3-7/h2-5H,1H3,(H,11,13). The van der Waals surface area contributed by atoms with Gasteiger partial charge < -0.3 is 4.90 Å². The average Bonchev–Trinajstić information content (AvgIpc) is 2.18. The summed E-state index contributed by atoms with van der Waals surface area (Å²) in [5, 5.41) is 8.66. The second-order valence-electron chi connectivity index (χ2n) is 2.28. The molecule has 0 fully saturated rings. The van der Waals surface area contributed by atoms with Crippen LogP contribution in [-0.4, -0.2) is 17.2 Å². The fourth-order valence-corrected chi connectivity index (χ4v) is 0.963. The molecule has 0 spiro atoms. The van der Waals surface area contributed by atoms with Crippen LogP contribution >= 0.6 is 12.6 Å². The minimum Gasteiger partial charge on any atom is -0.323 e. The van der Waals surface area contributed by atoms with E-state index in [0.717, 1.165) is 5.69 Å². The lowest BCUT2D eigenvalue weighted by molar-refractivity contribution is 1.24. The summed E-state index contributed by atoms with van der Waals surface area (Å²) in [4.78, 5) is 9.06. The van der Waals surface area contributed by atoms with Crippen molar-refractivity contribution in [3.8, 4) is 6.19 Å². The number of anilines is 1. The molecule has 1 heterocycles. The van der Waals surface area contributed by atoms with E-state index >= 15 is 0 Å². The van der Waals surface area contributed by atoms with Crippen LogP contribution in [0, 0.1) is 11.5 Å². The molecule has 0 aliphatic heterocycles. The van der Waals surface area contributed by atoms with Gasteiger partial charge in [-0.1, -0.05) is 0 Å². The van der Waals surface area contributed by atoms with E-state index in [1.54, 1.807) is 30.5 Å². The van der Waals surface area contributed by atoms with Crippen LogP contribution in [0.25, 0.3) is 0 Å². The SMILES string of the molecule is CN(C(S)=NC#N)c1ccncc1. The van der Waals surface area contributed by atoms with Gasteiger partial charge in [0.05, 0.1) is 0 Å². The van der Waals surface area contributed by atoms with E-state index in [0.29, 0.717) is 5.17 Å². The van der Waals surface area contributed by atoms with Gasteiger partial charge in [0, 0.05) is 25.1 Å². The Morgan fingerprint density at radius 1 is 1.62 bits per heavy atom. The Morgan fingerprint density at radius 3 is 2.77 bits per heavy atom. The zero-order valence-electron chi connectivity index (χ0n) is 7.05. The lowest BCUT2D eigenvalue weighted by Crippen LogP contribution is -2.21. The second kappa shape index (κ2) is 4.48. The minimum atomic E-state index is 0.355. The maximum Gasteiger partial charge on any atom is 0.208 e. The van der Waals surface area contributed by atoms with Crippen molar-refractivity contribution in [2.45, 2.75) is 0 Å². The number of aliphatic imine (C=N–C) groups is 1. The fourth-order valence-electron chi connectivity index (χ4n) is 0.803. The average molecular weight is 192 g/mol. The van der Waals surface area contributed by atoms with Crippen molar-refractivity contribution in [1.82, 2.24) is 4.98 Å². The number of hydrogen-bond donors (Lipinski definition) is 1. The van der Waals surface area contributed by atoms with Crippen molar-refractivity contribution in [1.29, 1.82) is 5.26 Å². The van der Waals surface area contributed by atoms with E-state index in [-0.39, 0.29) is 0 Å². The lowest BCUT2D eigenvalue weighted by Gasteiger charge is -2.15. The van der Waals surface area contributed by atoms with Gasteiger partial charge in [-0.25, -0.2) is 0 Å². The van der Waals surface area contributed by atoms with Crippen LogP contribution in [0.2, 0.25) is 0 Å². The highest BCUT2D eigenvalue weighted by Gasteiger charge is 2.03. The van der Waals surface area contributed by atoms with Gasteiger partial charge in [0.1, 0.15) is 0 Å². The molecule has 0 atom stereocenters. The fraction of sp³-hybridized carbons (Fsp3) is 0.125. The van der Waals surface area contributed by atoms with Gasteiger partial charge in [-0.3, -0.25) is 4.98 Å². The number of aromatic nitrogens is 1. The van der Waals surface area contributed by atoms with Crippen LogP contribution in [0.4, 0.5) is 5.69 Å². The van der Waals surface area contributed by atoms with Crippen molar-refractivity contribution < 1.29 is 0 Å². The largest absolute Gasteiger partial charge is 0.323 e. The van der Waals surface area contributed by atoms with Crippen molar-refractivity contribution in [3.63, 3.8) is 0 Å². The van der Waals surface area contributed by atoms with Gasteiger partial charge in [0.15, 0.2) is 5.17 Å². The van der Waals surface area contributed by atoms with Crippen molar-refractivity contribution in [2.75, 3.05) is 11.9 Å². The summed E-state index contributed by atoms with van der Waals surface area (Å²) >= 11 is 4.05. The molecule has 1 aromatic heterocycles. The van der Waals surface area contributed by atoms with Crippen LogP contribution in [0.15, 0.2) is 29.5 Å². The van der Waals surface area contributed by atoms with Crippen LogP contribution < -0.4 is 4.90 Å². The van der Waals surface area contributed by atoms with E-state index in [1.807, 2.05) is 12.1 Å². The number of hydrogen-bond acceptors (Lipinski definition) is 3. The smallest absolute Gasteiger partial charge is 0.208 e. The topological polar surface area (TPSA) is 52.3 Å². The number of thiol groups is 1. The normalized spacial score (nSPS) is 10.7. The molecule has 1 aromatic rings. The molecule has 0 radical (unpaired) electrons. The Labute approximate surface area is 81.9 Å². The zero-order valence-corrected chi connectivity index (χ0v) is 7.94. The molecule has 0 saturated carbocycles. The molecule has 0 saturated heterocycles. The van der Waals surface area contributed by atoms with Gasteiger partial charge in [0.2, 0.25) is 6.19 Å². The van der Waals surface area contributed by atoms with Gasteiger partial charge in [0.25, 0.3) is 0 Å². The number of nitriles is 1. The maximum absolute atomic E-state index is 8.31. The van der Waals surface area contributed by atoms with Crippen LogP contribution in [0.5, 0.6) is 0 Å². The summed E-state index contributed by atoms with van der Waals surface area (Å²) < 4.78 is 0. The third kappa shape index (κ3) is 2.46. The Balaban J connectivity index is 2.87. The number of rotatable bonds is 1. The zero-order chi connectivity index (χ0) is 9.68. The molecule has 5 heteroatoms. The van der Waals surface area contributed by atoms with Gasteiger partial charge >= 0.3 is 0 Å². The van der Waals surface area contributed by atoms with Crippen molar-refractivity contribution in [3.05, 3.63) is 24.5 Å². The van der Waals surface area contributed by atoms with Crippen molar-refractivity contribution >= 4 is 23.5 Å². The van der Waals surface area contributed by atoms with E-state index in [9.17, 15) is 0 Å².